The number of carbonyl (C=O) groups excluding carboxylic acids is 1. The minimum absolute atomic E-state index is 0.0223. The molecule has 1 amide bonds. The van der Waals surface area contributed by atoms with Crippen LogP contribution in [0.15, 0.2) is 12.1 Å². The number of benzene rings is 1. The topological polar surface area (TPSA) is 42.0 Å². The quantitative estimate of drug-likeness (QED) is 0.847. The maximum Gasteiger partial charge on any atom is 0.410 e. The van der Waals surface area contributed by atoms with E-state index in [1.165, 1.54) is 11.1 Å². The number of rotatable bonds is 3. The predicted molar refractivity (Wildman–Crippen MR) is 95.4 cm³/mol. The standard InChI is InChI=1S/C19H30N2O3/c1-13-16-11-17(23-7)15(12-20(5)6)10-14(16)8-9-21(13)18(22)24-19(2,3)4/h10-11,13H,8-9,12H2,1-7H3. The maximum atomic E-state index is 12.5. The second-order valence-electron chi connectivity index (χ2n) is 7.70. The molecule has 0 aromatic heterocycles. The molecule has 1 aliphatic rings. The van der Waals surface area contributed by atoms with E-state index in [2.05, 4.69) is 17.0 Å². The van der Waals surface area contributed by atoms with Crippen LogP contribution < -0.4 is 4.74 Å². The highest BCUT2D eigenvalue weighted by Crippen LogP contribution is 2.35. The lowest BCUT2D eigenvalue weighted by molar-refractivity contribution is 0.0159. The molecule has 0 saturated carbocycles. The van der Waals surface area contributed by atoms with Crippen LogP contribution in [0.2, 0.25) is 0 Å². The van der Waals surface area contributed by atoms with Crippen LogP contribution in [0.1, 0.15) is 50.4 Å². The predicted octanol–water partition coefficient (Wildman–Crippen LogP) is 3.61. The molecule has 1 heterocycles. The molecular weight excluding hydrogens is 304 g/mol. The van der Waals surface area contributed by atoms with Crippen LogP contribution in [0.5, 0.6) is 5.75 Å². The van der Waals surface area contributed by atoms with Gasteiger partial charge in [-0.1, -0.05) is 6.07 Å². The summed E-state index contributed by atoms with van der Waals surface area (Å²) in [7, 11) is 5.79. The molecule has 0 fully saturated rings. The average molecular weight is 334 g/mol. The van der Waals surface area contributed by atoms with Crippen molar-refractivity contribution in [2.24, 2.45) is 0 Å². The normalized spacial score (nSPS) is 17.7. The molecule has 2 rings (SSSR count). The number of hydrogen-bond acceptors (Lipinski definition) is 4. The Morgan fingerprint density at radius 2 is 2.00 bits per heavy atom. The van der Waals surface area contributed by atoms with Gasteiger partial charge in [-0.05, 0) is 65.4 Å². The summed E-state index contributed by atoms with van der Waals surface area (Å²) in [6.07, 6.45) is 0.584. The minimum atomic E-state index is -0.482. The van der Waals surface area contributed by atoms with Crippen molar-refractivity contribution < 1.29 is 14.3 Å². The fourth-order valence-corrected chi connectivity index (χ4v) is 3.12. The summed E-state index contributed by atoms with van der Waals surface area (Å²) in [6.45, 7) is 9.24. The summed E-state index contributed by atoms with van der Waals surface area (Å²) in [5, 5.41) is 0. The van der Waals surface area contributed by atoms with Gasteiger partial charge < -0.3 is 19.3 Å². The van der Waals surface area contributed by atoms with Crippen molar-refractivity contribution in [1.82, 2.24) is 9.80 Å². The molecule has 0 bridgehead atoms. The van der Waals surface area contributed by atoms with Gasteiger partial charge in [0.05, 0.1) is 13.2 Å². The Morgan fingerprint density at radius 1 is 1.33 bits per heavy atom. The van der Waals surface area contributed by atoms with Crippen molar-refractivity contribution in [2.45, 2.75) is 52.3 Å². The maximum absolute atomic E-state index is 12.5. The van der Waals surface area contributed by atoms with Gasteiger partial charge in [0.25, 0.3) is 0 Å². The molecule has 1 aromatic carbocycles. The van der Waals surface area contributed by atoms with E-state index < -0.39 is 5.60 Å². The number of ether oxygens (including phenoxy) is 2. The molecule has 1 unspecified atom stereocenters. The van der Waals surface area contributed by atoms with Crippen molar-refractivity contribution in [3.63, 3.8) is 0 Å². The van der Waals surface area contributed by atoms with Crippen LogP contribution in [0.25, 0.3) is 0 Å². The van der Waals surface area contributed by atoms with Gasteiger partial charge in [0.1, 0.15) is 11.4 Å². The molecule has 0 N–H and O–H groups in total. The first-order chi connectivity index (χ1) is 11.1. The first kappa shape index (κ1) is 18.6. The third-order valence-corrected chi connectivity index (χ3v) is 4.20. The van der Waals surface area contributed by atoms with Crippen LogP contribution in [0.3, 0.4) is 0 Å². The van der Waals surface area contributed by atoms with E-state index in [1.807, 2.05) is 41.8 Å². The summed E-state index contributed by atoms with van der Waals surface area (Å²) in [6, 6.07) is 4.28. The Bertz CT molecular complexity index is 605. The van der Waals surface area contributed by atoms with Crippen molar-refractivity contribution >= 4 is 6.09 Å². The van der Waals surface area contributed by atoms with Gasteiger partial charge in [-0.3, -0.25) is 0 Å². The van der Waals surface area contributed by atoms with E-state index in [9.17, 15) is 4.79 Å². The van der Waals surface area contributed by atoms with Crippen LogP contribution >= 0.6 is 0 Å². The van der Waals surface area contributed by atoms with Crippen LogP contribution in [-0.2, 0) is 17.7 Å². The molecule has 0 aliphatic carbocycles. The molecule has 5 heteroatoms. The van der Waals surface area contributed by atoms with E-state index in [0.29, 0.717) is 6.54 Å². The molecule has 0 spiro atoms. The van der Waals surface area contributed by atoms with Crippen molar-refractivity contribution in [1.29, 1.82) is 0 Å². The third-order valence-electron chi connectivity index (χ3n) is 4.20. The zero-order chi connectivity index (χ0) is 18.1. The molecule has 24 heavy (non-hydrogen) atoms. The Morgan fingerprint density at radius 3 is 2.54 bits per heavy atom. The highest BCUT2D eigenvalue weighted by atomic mass is 16.6. The van der Waals surface area contributed by atoms with E-state index in [1.54, 1.807) is 12.0 Å². The van der Waals surface area contributed by atoms with Gasteiger partial charge >= 0.3 is 6.09 Å². The fraction of sp³-hybridized carbons (Fsp3) is 0.632. The molecule has 134 valence electrons. The monoisotopic (exact) mass is 334 g/mol. The van der Waals surface area contributed by atoms with E-state index in [0.717, 1.165) is 24.3 Å². The Kier molecular flexibility index (Phi) is 5.43. The summed E-state index contributed by atoms with van der Waals surface area (Å²) in [5.74, 6) is 0.875. The van der Waals surface area contributed by atoms with E-state index in [-0.39, 0.29) is 12.1 Å². The zero-order valence-electron chi connectivity index (χ0n) is 16.0. The lowest BCUT2D eigenvalue weighted by Gasteiger charge is -2.36. The molecule has 1 aromatic rings. The number of amides is 1. The van der Waals surface area contributed by atoms with Gasteiger partial charge in [0, 0.05) is 18.7 Å². The van der Waals surface area contributed by atoms with Crippen LogP contribution in [-0.4, -0.2) is 49.2 Å². The second kappa shape index (κ2) is 7.01. The smallest absolute Gasteiger partial charge is 0.410 e. The molecule has 5 nitrogen and oxygen atoms in total. The van der Waals surface area contributed by atoms with Gasteiger partial charge in [0.2, 0.25) is 0 Å². The lowest BCUT2D eigenvalue weighted by atomic mass is 9.91. The van der Waals surface area contributed by atoms with E-state index >= 15 is 0 Å². The number of methoxy groups -OCH3 is 1. The van der Waals surface area contributed by atoms with Crippen molar-refractivity contribution in [2.75, 3.05) is 27.7 Å². The summed E-state index contributed by atoms with van der Waals surface area (Å²) >= 11 is 0. The SMILES string of the molecule is COc1cc2c(cc1CN(C)C)CCN(C(=O)OC(C)(C)C)C2C. The Hall–Kier alpha value is -1.75. The van der Waals surface area contributed by atoms with Gasteiger partial charge in [0.15, 0.2) is 0 Å². The van der Waals surface area contributed by atoms with Gasteiger partial charge in [-0.2, -0.15) is 0 Å². The molecule has 0 saturated heterocycles. The highest BCUT2D eigenvalue weighted by Gasteiger charge is 2.31. The van der Waals surface area contributed by atoms with E-state index in [4.69, 9.17) is 9.47 Å². The van der Waals surface area contributed by atoms with Crippen molar-refractivity contribution in [3.8, 4) is 5.75 Å². The van der Waals surface area contributed by atoms with Crippen LogP contribution in [0.4, 0.5) is 4.79 Å². The third kappa shape index (κ3) is 4.20. The second-order valence-corrected chi connectivity index (χ2v) is 7.70. The largest absolute Gasteiger partial charge is 0.496 e. The first-order valence-corrected chi connectivity index (χ1v) is 8.46. The number of nitrogens with zero attached hydrogens (tertiary/aromatic N) is 2. The Labute approximate surface area is 145 Å². The number of carbonyl (C=O) groups is 1. The zero-order valence-corrected chi connectivity index (χ0v) is 16.0. The number of fused-ring (bicyclic) bond motifs is 1. The first-order valence-electron chi connectivity index (χ1n) is 8.46. The molecule has 0 radical (unpaired) electrons. The Balaban J connectivity index is 2.29. The summed E-state index contributed by atoms with van der Waals surface area (Å²) < 4.78 is 11.1. The highest BCUT2D eigenvalue weighted by molar-refractivity contribution is 5.69. The fourth-order valence-electron chi connectivity index (χ4n) is 3.12. The molecular formula is C19H30N2O3. The van der Waals surface area contributed by atoms with Gasteiger partial charge in [-0.15, -0.1) is 0 Å². The molecule has 1 atom stereocenters. The van der Waals surface area contributed by atoms with Gasteiger partial charge in [-0.25, -0.2) is 4.79 Å². The molecule has 1 aliphatic heterocycles. The lowest BCUT2D eigenvalue weighted by Crippen LogP contribution is -2.42. The van der Waals surface area contributed by atoms with Crippen LogP contribution in [0, 0.1) is 0 Å². The minimum Gasteiger partial charge on any atom is -0.496 e. The number of hydrogen-bond donors (Lipinski definition) is 0. The van der Waals surface area contributed by atoms with Crippen molar-refractivity contribution in [3.05, 3.63) is 28.8 Å². The summed E-state index contributed by atoms with van der Waals surface area (Å²) in [4.78, 5) is 16.4. The average Bonchev–Trinajstić information content (AvgIpc) is 2.44. The summed E-state index contributed by atoms with van der Waals surface area (Å²) in [5.41, 5.74) is 3.13.